The first-order valence-electron chi connectivity index (χ1n) is 7.74. The largest absolute Gasteiger partial charge is 0.492 e. The number of anilines is 1. The highest BCUT2D eigenvalue weighted by Crippen LogP contribution is 2.20. The standard InChI is InChI=1S/C18H17FN4O2/c1-11-15(8-12-2-3-13(19)9-16(12)22-11)18(24)23-17-10-14(4-6-21-17)25-7-5-20/h2-4,6,8-10H,5,7,20H2,1H3,(H,21,23,24). The number of rotatable bonds is 5. The Morgan fingerprint density at radius 1 is 1.28 bits per heavy atom. The minimum atomic E-state index is -0.366. The molecule has 0 radical (unpaired) electrons. The van der Waals surface area contributed by atoms with Gasteiger partial charge in [-0.05, 0) is 31.2 Å². The molecule has 0 aliphatic rings. The molecule has 3 rings (SSSR count). The first kappa shape index (κ1) is 16.8. The summed E-state index contributed by atoms with van der Waals surface area (Å²) in [7, 11) is 0. The third-order valence-corrected chi connectivity index (χ3v) is 3.57. The summed E-state index contributed by atoms with van der Waals surface area (Å²) in [5.41, 5.74) is 6.81. The van der Waals surface area contributed by atoms with E-state index in [-0.39, 0.29) is 11.7 Å². The second kappa shape index (κ2) is 7.23. The molecule has 6 nitrogen and oxygen atoms in total. The molecular weight excluding hydrogens is 323 g/mol. The number of carbonyl (C=O) groups is 1. The molecule has 0 spiro atoms. The SMILES string of the molecule is Cc1nc2cc(F)ccc2cc1C(=O)Nc1cc(OCCN)ccn1. The molecular formula is C18H17FN4O2. The van der Waals surface area contributed by atoms with Gasteiger partial charge in [-0.15, -0.1) is 0 Å². The van der Waals surface area contributed by atoms with Crippen LogP contribution < -0.4 is 15.8 Å². The lowest BCUT2D eigenvalue weighted by atomic mass is 10.1. The average Bonchev–Trinajstić information content (AvgIpc) is 2.59. The number of fused-ring (bicyclic) bond motifs is 1. The van der Waals surface area contributed by atoms with Crippen molar-refractivity contribution in [1.29, 1.82) is 0 Å². The van der Waals surface area contributed by atoms with Gasteiger partial charge in [0.25, 0.3) is 5.91 Å². The van der Waals surface area contributed by atoms with Crippen molar-refractivity contribution in [3.63, 3.8) is 0 Å². The average molecular weight is 340 g/mol. The van der Waals surface area contributed by atoms with Crippen LogP contribution in [0.2, 0.25) is 0 Å². The second-order valence-electron chi connectivity index (χ2n) is 5.43. The van der Waals surface area contributed by atoms with Crippen molar-refractivity contribution in [2.24, 2.45) is 5.73 Å². The molecule has 1 aromatic carbocycles. The Balaban J connectivity index is 1.85. The number of nitrogens with zero attached hydrogens (tertiary/aromatic N) is 2. The summed E-state index contributed by atoms with van der Waals surface area (Å²) >= 11 is 0. The molecule has 7 heteroatoms. The van der Waals surface area contributed by atoms with Gasteiger partial charge >= 0.3 is 0 Å². The lowest BCUT2D eigenvalue weighted by Crippen LogP contribution is -2.15. The summed E-state index contributed by atoms with van der Waals surface area (Å²) in [6.07, 6.45) is 1.54. The van der Waals surface area contributed by atoms with E-state index in [0.29, 0.717) is 46.9 Å². The number of carbonyl (C=O) groups excluding carboxylic acids is 1. The summed E-state index contributed by atoms with van der Waals surface area (Å²) in [5, 5.41) is 3.40. The van der Waals surface area contributed by atoms with E-state index in [4.69, 9.17) is 10.5 Å². The van der Waals surface area contributed by atoms with Gasteiger partial charge in [-0.2, -0.15) is 0 Å². The Kier molecular flexibility index (Phi) is 4.85. The van der Waals surface area contributed by atoms with Gasteiger partial charge in [0.15, 0.2) is 0 Å². The van der Waals surface area contributed by atoms with E-state index < -0.39 is 0 Å². The molecule has 0 atom stereocenters. The summed E-state index contributed by atoms with van der Waals surface area (Å²) in [4.78, 5) is 20.9. The van der Waals surface area contributed by atoms with Crippen molar-refractivity contribution in [3.05, 3.63) is 59.7 Å². The van der Waals surface area contributed by atoms with Crippen LogP contribution in [0, 0.1) is 12.7 Å². The number of benzene rings is 1. The lowest BCUT2D eigenvalue weighted by Gasteiger charge is -2.10. The number of amides is 1. The van der Waals surface area contributed by atoms with Crippen LogP contribution in [0.15, 0.2) is 42.6 Å². The van der Waals surface area contributed by atoms with Gasteiger partial charge in [0, 0.05) is 30.3 Å². The number of nitrogens with one attached hydrogen (secondary N) is 1. The molecule has 0 fully saturated rings. The topological polar surface area (TPSA) is 90.1 Å². The van der Waals surface area contributed by atoms with Gasteiger partial charge in [0.05, 0.1) is 16.8 Å². The predicted molar refractivity (Wildman–Crippen MR) is 93.2 cm³/mol. The maximum atomic E-state index is 13.3. The quantitative estimate of drug-likeness (QED) is 0.745. The Morgan fingerprint density at radius 2 is 2.12 bits per heavy atom. The molecule has 0 bridgehead atoms. The van der Waals surface area contributed by atoms with Gasteiger partial charge in [-0.3, -0.25) is 9.78 Å². The van der Waals surface area contributed by atoms with Crippen LogP contribution in [-0.2, 0) is 0 Å². The zero-order valence-electron chi connectivity index (χ0n) is 13.6. The minimum absolute atomic E-state index is 0.348. The molecule has 0 saturated heterocycles. The van der Waals surface area contributed by atoms with Gasteiger partial charge in [0.1, 0.15) is 24.0 Å². The summed E-state index contributed by atoms with van der Waals surface area (Å²) < 4.78 is 18.7. The van der Waals surface area contributed by atoms with Crippen molar-refractivity contribution in [2.75, 3.05) is 18.5 Å². The Labute approximate surface area is 143 Å². The van der Waals surface area contributed by atoms with Crippen LogP contribution in [0.5, 0.6) is 5.75 Å². The lowest BCUT2D eigenvalue weighted by molar-refractivity contribution is 0.102. The van der Waals surface area contributed by atoms with E-state index in [1.54, 1.807) is 31.2 Å². The first-order chi connectivity index (χ1) is 12.1. The number of hydrogen-bond acceptors (Lipinski definition) is 5. The number of ether oxygens (including phenoxy) is 1. The maximum absolute atomic E-state index is 13.3. The van der Waals surface area contributed by atoms with Crippen LogP contribution in [0.25, 0.3) is 10.9 Å². The maximum Gasteiger partial charge on any atom is 0.258 e. The van der Waals surface area contributed by atoms with E-state index in [1.165, 1.54) is 18.3 Å². The van der Waals surface area contributed by atoms with Crippen LogP contribution >= 0.6 is 0 Å². The number of halogens is 1. The van der Waals surface area contributed by atoms with Crippen molar-refractivity contribution in [3.8, 4) is 5.75 Å². The molecule has 2 heterocycles. The molecule has 0 saturated carbocycles. The van der Waals surface area contributed by atoms with Crippen molar-refractivity contribution in [1.82, 2.24) is 9.97 Å². The Hall–Kier alpha value is -3.06. The third-order valence-electron chi connectivity index (χ3n) is 3.57. The summed E-state index contributed by atoms with van der Waals surface area (Å²) in [6.45, 7) is 2.47. The number of hydrogen-bond donors (Lipinski definition) is 2. The van der Waals surface area contributed by atoms with Gasteiger partial charge < -0.3 is 15.8 Å². The molecule has 3 N–H and O–H groups in total. The smallest absolute Gasteiger partial charge is 0.258 e. The van der Waals surface area contributed by atoms with E-state index >= 15 is 0 Å². The second-order valence-corrected chi connectivity index (χ2v) is 5.43. The zero-order chi connectivity index (χ0) is 17.8. The van der Waals surface area contributed by atoms with E-state index in [0.717, 1.165) is 0 Å². The molecule has 0 aliphatic heterocycles. The van der Waals surface area contributed by atoms with Crippen molar-refractivity contribution in [2.45, 2.75) is 6.92 Å². The normalized spacial score (nSPS) is 10.7. The third kappa shape index (κ3) is 3.89. The van der Waals surface area contributed by atoms with E-state index in [9.17, 15) is 9.18 Å². The fourth-order valence-electron chi connectivity index (χ4n) is 2.40. The van der Waals surface area contributed by atoms with Crippen LogP contribution in [0.3, 0.4) is 0 Å². The fourth-order valence-corrected chi connectivity index (χ4v) is 2.40. The molecule has 0 aliphatic carbocycles. The monoisotopic (exact) mass is 340 g/mol. The van der Waals surface area contributed by atoms with Gasteiger partial charge in [0.2, 0.25) is 0 Å². The molecule has 3 aromatic rings. The molecule has 2 aromatic heterocycles. The predicted octanol–water partition coefficient (Wildman–Crippen LogP) is 2.67. The highest BCUT2D eigenvalue weighted by atomic mass is 19.1. The van der Waals surface area contributed by atoms with Gasteiger partial charge in [-0.1, -0.05) is 0 Å². The fraction of sp³-hybridized carbons (Fsp3) is 0.167. The molecule has 0 unspecified atom stereocenters. The Bertz CT molecular complexity index is 930. The van der Waals surface area contributed by atoms with E-state index in [2.05, 4.69) is 15.3 Å². The Morgan fingerprint density at radius 3 is 2.92 bits per heavy atom. The summed E-state index contributed by atoms with van der Waals surface area (Å²) in [6, 6.07) is 9.24. The van der Waals surface area contributed by atoms with Crippen LogP contribution in [0.1, 0.15) is 16.1 Å². The highest BCUT2D eigenvalue weighted by molar-refractivity contribution is 6.06. The number of pyridine rings is 2. The van der Waals surface area contributed by atoms with E-state index in [1.807, 2.05) is 0 Å². The molecule has 1 amide bonds. The minimum Gasteiger partial charge on any atom is -0.492 e. The highest BCUT2D eigenvalue weighted by Gasteiger charge is 2.13. The molecule has 25 heavy (non-hydrogen) atoms. The van der Waals surface area contributed by atoms with Crippen LogP contribution in [-0.4, -0.2) is 29.0 Å². The zero-order valence-corrected chi connectivity index (χ0v) is 13.6. The number of aromatic nitrogens is 2. The number of nitrogens with two attached hydrogens (primary N) is 1. The molecule has 128 valence electrons. The van der Waals surface area contributed by atoms with Crippen molar-refractivity contribution >= 4 is 22.6 Å². The van der Waals surface area contributed by atoms with Gasteiger partial charge in [-0.25, -0.2) is 9.37 Å². The first-order valence-corrected chi connectivity index (χ1v) is 7.74. The summed E-state index contributed by atoms with van der Waals surface area (Å²) in [5.74, 6) is 0.215. The van der Waals surface area contributed by atoms with Crippen molar-refractivity contribution < 1.29 is 13.9 Å². The van der Waals surface area contributed by atoms with Crippen LogP contribution in [0.4, 0.5) is 10.2 Å². The number of aryl methyl sites for hydroxylation is 1.